The molecule has 0 radical (unpaired) electrons. The van der Waals surface area contributed by atoms with Gasteiger partial charge in [-0.15, -0.1) is 0 Å². The fraction of sp³-hybridized carbons (Fsp3) is 0.353. The first-order valence-corrected chi connectivity index (χ1v) is 7.01. The average molecular weight is 285 g/mol. The molecule has 0 saturated carbocycles. The van der Waals surface area contributed by atoms with Gasteiger partial charge in [0.1, 0.15) is 5.70 Å². The van der Waals surface area contributed by atoms with E-state index >= 15 is 0 Å². The van der Waals surface area contributed by atoms with Gasteiger partial charge in [0.05, 0.1) is 6.42 Å². The SMILES string of the molecule is CCC1(CC(=O)O)C(C)=NC(C(=O)c2ccccc2)=C1C. The molecular formula is C17H19NO3. The number of Topliss-reactive ketones (excluding diaryl/α,β-unsaturated/α-hetero) is 1. The van der Waals surface area contributed by atoms with E-state index in [4.69, 9.17) is 0 Å². The fourth-order valence-electron chi connectivity index (χ4n) is 2.97. The van der Waals surface area contributed by atoms with Gasteiger partial charge in [-0.25, -0.2) is 0 Å². The maximum absolute atomic E-state index is 12.6. The van der Waals surface area contributed by atoms with Crippen molar-refractivity contribution >= 4 is 17.5 Å². The lowest BCUT2D eigenvalue weighted by molar-refractivity contribution is -0.138. The maximum Gasteiger partial charge on any atom is 0.304 e. The Morgan fingerprint density at radius 3 is 2.33 bits per heavy atom. The van der Waals surface area contributed by atoms with Crippen LogP contribution in [-0.4, -0.2) is 22.6 Å². The number of allylic oxidation sites excluding steroid dienone is 2. The molecule has 21 heavy (non-hydrogen) atoms. The number of benzene rings is 1. The Kier molecular flexibility index (Phi) is 4.07. The molecule has 1 unspecified atom stereocenters. The summed E-state index contributed by atoms with van der Waals surface area (Å²) in [4.78, 5) is 28.2. The molecule has 0 fully saturated rings. The molecule has 0 saturated heterocycles. The van der Waals surface area contributed by atoms with Crippen LogP contribution in [0.5, 0.6) is 0 Å². The zero-order valence-electron chi connectivity index (χ0n) is 12.5. The van der Waals surface area contributed by atoms with Crippen molar-refractivity contribution in [3.05, 3.63) is 47.2 Å². The average Bonchev–Trinajstić information content (AvgIpc) is 2.72. The van der Waals surface area contributed by atoms with E-state index < -0.39 is 11.4 Å². The maximum atomic E-state index is 12.6. The van der Waals surface area contributed by atoms with Crippen molar-refractivity contribution in [2.75, 3.05) is 0 Å². The summed E-state index contributed by atoms with van der Waals surface area (Å²) in [7, 11) is 0. The van der Waals surface area contributed by atoms with Crippen molar-refractivity contribution in [2.45, 2.75) is 33.6 Å². The molecule has 0 bridgehead atoms. The molecule has 0 aromatic heterocycles. The summed E-state index contributed by atoms with van der Waals surface area (Å²) < 4.78 is 0. The Bertz CT molecular complexity index is 643. The van der Waals surface area contributed by atoms with Crippen LogP contribution in [0, 0.1) is 5.41 Å². The van der Waals surface area contributed by atoms with Crippen LogP contribution in [0.4, 0.5) is 0 Å². The number of carbonyl (C=O) groups excluding carboxylic acids is 1. The normalized spacial score (nSPS) is 21.4. The standard InChI is InChI=1S/C17H19NO3/c1-4-17(10-14(19)20)11(2)15(18-12(17)3)16(21)13-8-6-5-7-9-13/h5-9H,4,10H2,1-3H3,(H,19,20). The molecule has 4 nitrogen and oxygen atoms in total. The minimum Gasteiger partial charge on any atom is -0.481 e. The summed E-state index contributed by atoms with van der Waals surface area (Å²) in [5.41, 5.74) is 1.81. The second kappa shape index (κ2) is 5.64. The van der Waals surface area contributed by atoms with Crippen molar-refractivity contribution in [3.63, 3.8) is 0 Å². The topological polar surface area (TPSA) is 66.7 Å². The van der Waals surface area contributed by atoms with Crippen molar-refractivity contribution in [2.24, 2.45) is 10.4 Å². The van der Waals surface area contributed by atoms with E-state index in [1.165, 1.54) is 0 Å². The number of carboxylic acids is 1. The van der Waals surface area contributed by atoms with Gasteiger partial charge in [0.25, 0.3) is 0 Å². The largest absolute Gasteiger partial charge is 0.481 e. The van der Waals surface area contributed by atoms with Crippen LogP contribution >= 0.6 is 0 Å². The molecule has 0 amide bonds. The molecule has 0 spiro atoms. The van der Waals surface area contributed by atoms with Crippen LogP contribution in [0.15, 0.2) is 46.6 Å². The van der Waals surface area contributed by atoms with Gasteiger partial charge in [-0.3, -0.25) is 14.6 Å². The zero-order chi connectivity index (χ0) is 15.6. The van der Waals surface area contributed by atoms with E-state index in [-0.39, 0.29) is 12.2 Å². The molecule has 1 aromatic carbocycles. The van der Waals surface area contributed by atoms with Gasteiger partial charge in [-0.1, -0.05) is 37.3 Å². The van der Waals surface area contributed by atoms with Crippen LogP contribution in [0.1, 0.15) is 44.0 Å². The van der Waals surface area contributed by atoms with E-state index in [1.54, 1.807) is 31.2 Å². The Hall–Kier alpha value is -2.23. The first-order valence-electron chi connectivity index (χ1n) is 7.01. The molecule has 2 rings (SSSR count). The van der Waals surface area contributed by atoms with Crippen LogP contribution in [0.25, 0.3) is 0 Å². The minimum absolute atomic E-state index is 0.0315. The minimum atomic E-state index is -0.876. The van der Waals surface area contributed by atoms with Gasteiger partial charge in [0, 0.05) is 16.7 Å². The van der Waals surface area contributed by atoms with Crippen LogP contribution in [0.2, 0.25) is 0 Å². The number of ketones is 1. The molecule has 1 aliphatic heterocycles. The van der Waals surface area contributed by atoms with Gasteiger partial charge >= 0.3 is 5.97 Å². The first kappa shape index (κ1) is 15.2. The highest BCUT2D eigenvalue weighted by molar-refractivity contribution is 6.13. The van der Waals surface area contributed by atoms with Gasteiger partial charge in [0.2, 0.25) is 5.78 Å². The van der Waals surface area contributed by atoms with Crippen LogP contribution in [0.3, 0.4) is 0 Å². The van der Waals surface area contributed by atoms with Gasteiger partial charge in [-0.05, 0) is 25.8 Å². The first-order chi connectivity index (χ1) is 9.92. The third kappa shape index (κ3) is 2.53. The number of nitrogens with zero attached hydrogens (tertiary/aromatic N) is 1. The predicted octanol–water partition coefficient (Wildman–Crippen LogP) is 3.49. The predicted molar refractivity (Wildman–Crippen MR) is 81.6 cm³/mol. The monoisotopic (exact) mass is 285 g/mol. The number of hydrogen-bond acceptors (Lipinski definition) is 3. The summed E-state index contributed by atoms with van der Waals surface area (Å²) >= 11 is 0. The van der Waals surface area contributed by atoms with E-state index in [0.717, 1.165) is 5.57 Å². The molecule has 110 valence electrons. The third-order valence-corrected chi connectivity index (χ3v) is 4.35. The van der Waals surface area contributed by atoms with Crippen molar-refractivity contribution in [3.8, 4) is 0 Å². The molecule has 0 aliphatic carbocycles. The number of carboxylic acid groups (broad SMARTS) is 1. The lowest BCUT2D eigenvalue weighted by Gasteiger charge is -2.28. The highest BCUT2D eigenvalue weighted by Gasteiger charge is 2.42. The Morgan fingerprint density at radius 1 is 1.19 bits per heavy atom. The van der Waals surface area contributed by atoms with E-state index in [0.29, 0.717) is 23.4 Å². The van der Waals surface area contributed by atoms with Crippen molar-refractivity contribution in [1.29, 1.82) is 0 Å². The summed E-state index contributed by atoms with van der Waals surface area (Å²) in [6.07, 6.45) is 0.586. The molecule has 1 atom stereocenters. The zero-order valence-corrected chi connectivity index (χ0v) is 12.5. The number of aliphatic imine (C=N–C) groups is 1. The number of aliphatic carboxylic acids is 1. The van der Waals surface area contributed by atoms with Crippen molar-refractivity contribution < 1.29 is 14.7 Å². The Labute approximate surface area is 124 Å². The molecule has 1 aliphatic rings. The van der Waals surface area contributed by atoms with Crippen molar-refractivity contribution in [1.82, 2.24) is 0 Å². The number of carbonyl (C=O) groups is 2. The summed E-state index contributed by atoms with van der Waals surface area (Å²) in [6.45, 7) is 5.56. The summed E-state index contributed by atoms with van der Waals surface area (Å²) in [5.74, 6) is -1.02. The number of rotatable bonds is 5. The molecule has 4 heteroatoms. The second-order valence-corrected chi connectivity index (χ2v) is 5.37. The third-order valence-electron chi connectivity index (χ3n) is 4.35. The van der Waals surface area contributed by atoms with E-state index in [9.17, 15) is 14.7 Å². The number of hydrogen-bond donors (Lipinski definition) is 1. The molecular weight excluding hydrogens is 266 g/mol. The molecule has 1 aromatic rings. The second-order valence-electron chi connectivity index (χ2n) is 5.37. The van der Waals surface area contributed by atoms with Crippen LogP contribution < -0.4 is 0 Å². The lowest BCUT2D eigenvalue weighted by atomic mass is 9.73. The molecule has 1 heterocycles. The van der Waals surface area contributed by atoms with Gasteiger partial charge in [0.15, 0.2) is 0 Å². The highest BCUT2D eigenvalue weighted by atomic mass is 16.4. The van der Waals surface area contributed by atoms with Gasteiger partial charge < -0.3 is 5.11 Å². The summed E-state index contributed by atoms with van der Waals surface area (Å²) in [5, 5.41) is 9.19. The van der Waals surface area contributed by atoms with E-state index in [1.807, 2.05) is 19.9 Å². The Morgan fingerprint density at radius 2 is 1.81 bits per heavy atom. The highest BCUT2D eigenvalue weighted by Crippen LogP contribution is 2.44. The summed E-state index contributed by atoms with van der Waals surface area (Å²) in [6, 6.07) is 8.95. The molecule has 1 N–H and O–H groups in total. The van der Waals surface area contributed by atoms with E-state index in [2.05, 4.69) is 4.99 Å². The lowest BCUT2D eigenvalue weighted by Crippen LogP contribution is -2.30. The van der Waals surface area contributed by atoms with Crippen LogP contribution in [-0.2, 0) is 4.79 Å². The quantitative estimate of drug-likeness (QED) is 0.842. The fourth-order valence-corrected chi connectivity index (χ4v) is 2.97. The Balaban J connectivity index is 2.47. The van der Waals surface area contributed by atoms with Gasteiger partial charge in [-0.2, -0.15) is 0 Å². The smallest absolute Gasteiger partial charge is 0.304 e.